The number of hydrogen-bond donors (Lipinski definition) is 7. The third kappa shape index (κ3) is 5.85. The quantitative estimate of drug-likeness (QED) is 0.205. The summed E-state index contributed by atoms with van der Waals surface area (Å²) in [6.45, 7) is -0.784. The normalized spacial score (nSPS) is 47.9. The van der Waals surface area contributed by atoms with E-state index in [1.54, 1.807) is 0 Å². The highest BCUT2D eigenvalue weighted by atomic mass is 16.7. The molecular formula is C18H32O12. The molecule has 30 heavy (non-hydrogen) atoms. The zero-order valence-corrected chi connectivity index (χ0v) is 16.5. The molecule has 0 aromatic heterocycles. The Morgan fingerprint density at radius 3 is 2.13 bits per heavy atom. The summed E-state index contributed by atoms with van der Waals surface area (Å²) >= 11 is 0. The maximum absolute atomic E-state index is 10.4. The first-order valence-corrected chi connectivity index (χ1v) is 10.1. The molecule has 176 valence electrons. The van der Waals surface area contributed by atoms with E-state index in [1.807, 2.05) is 0 Å². The summed E-state index contributed by atoms with van der Waals surface area (Å²) in [5.74, 6) is 0. The van der Waals surface area contributed by atoms with E-state index in [0.29, 0.717) is 0 Å². The van der Waals surface area contributed by atoms with Crippen LogP contribution >= 0.6 is 0 Å². The summed E-state index contributed by atoms with van der Waals surface area (Å²) in [5.41, 5.74) is 0. The molecule has 0 saturated carbocycles. The molecule has 3 aliphatic rings. The van der Waals surface area contributed by atoms with Crippen LogP contribution in [0.3, 0.4) is 0 Å². The third-order valence-corrected chi connectivity index (χ3v) is 5.60. The molecule has 0 aliphatic carbocycles. The van der Waals surface area contributed by atoms with Crippen LogP contribution in [0, 0.1) is 0 Å². The summed E-state index contributed by atoms with van der Waals surface area (Å²) in [4.78, 5) is 0. The van der Waals surface area contributed by atoms with Gasteiger partial charge in [0.25, 0.3) is 0 Å². The molecule has 7 N–H and O–H groups in total. The van der Waals surface area contributed by atoms with Crippen molar-refractivity contribution >= 4 is 0 Å². The van der Waals surface area contributed by atoms with E-state index in [9.17, 15) is 35.7 Å². The van der Waals surface area contributed by atoms with Crippen LogP contribution in [0.15, 0.2) is 0 Å². The minimum Gasteiger partial charge on any atom is -0.394 e. The molecule has 0 aromatic carbocycles. The Hall–Kier alpha value is -0.480. The smallest absolute Gasteiger partial charge is 0.186 e. The Labute approximate surface area is 173 Å². The van der Waals surface area contributed by atoms with Crippen LogP contribution in [0.2, 0.25) is 0 Å². The molecule has 0 aromatic rings. The lowest BCUT2D eigenvalue weighted by atomic mass is 10.0. The SMILES string of the molecule is OCC1C[C@@H](O)[C@H](O)[C@@H](O[C@H]2CO[C@H](CO[C@H]3O[C@H](CO)[C@@H](O)C[C@H]3O)[C@@H](O)C2)O1. The Morgan fingerprint density at radius 2 is 1.47 bits per heavy atom. The minimum atomic E-state index is -1.29. The fourth-order valence-corrected chi connectivity index (χ4v) is 3.79. The molecule has 0 bridgehead atoms. The summed E-state index contributed by atoms with van der Waals surface area (Å²) < 4.78 is 27.4. The van der Waals surface area contributed by atoms with Gasteiger partial charge in [-0.1, -0.05) is 0 Å². The zero-order valence-electron chi connectivity index (χ0n) is 16.5. The molecule has 0 spiro atoms. The first-order chi connectivity index (χ1) is 14.3. The predicted octanol–water partition coefficient (Wildman–Crippen LogP) is -3.80. The second-order valence-corrected chi connectivity index (χ2v) is 7.96. The molecule has 0 amide bonds. The van der Waals surface area contributed by atoms with Gasteiger partial charge < -0.3 is 59.4 Å². The summed E-state index contributed by atoms with van der Waals surface area (Å²) in [6, 6.07) is 0. The largest absolute Gasteiger partial charge is 0.394 e. The molecule has 12 heteroatoms. The van der Waals surface area contributed by atoms with E-state index < -0.39 is 74.1 Å². The van der Waals surface area contributed by atoms with Crippen molar-refractivity contribution < 1.29 is 59.4 Å². The van der Waals surface area contributed by atoms with Crippen molar-refractivity contribution in [1.29, 1.82) is 0 Å². The van der Waals surface area contributed by atoms with E-state index in [0.717, 1.165) is 0 Å². The summed E-state index contributed by atoms with van der Waals surface area (Å²) in [6.07, 6.45) is -10.3. The first kappa shape index (κ1) is 24.2. The van der Waals surface area contributed by atoms with Crippen molar-refractivity contribution in [2.75, 3.05) is 26.4 Å². The number of aliphatic hydroxyl groups is 7. The van der Waals surface area contributed by atoms with Gasteiger partial charge in [0, 0.05) is 19.3 Å². The maximum Gasteiger partial charge on any atom is 0.186 e. The van der Waals surface area contributed by atoms with E-state index in [4.69, 9.17) is 23.7 Å². The number of rotatable bonds is 7. The predicted molar refractivity (Wildman–Crippen MR) is 95.9 cm³/mol. The number of hydrogen-bond acceptors (Lipinski definition) is 12. The second kappa shape index (κ2) is 10.9. The van der Waals surface area contributed by atoms with Crippen LogP contribution in [-0.4, -0.2) is 130 Å². The molecule has 3 heterocycles. The molecule has 1 unspecified atom stereocenters. The van der Waals surface area contributed by atoms with Crippen LogP contribution in [0.25, 0.3) is 0 Å². The number of ether oxygens (including phenoxy) is 5. The van der Waals surface area contributed by atoms with Gasteiger partial charge in [0.2, 0.25) is 0 Å². The summed E-state index contributed by atoms with van der Waals surface area (Å²) in [7, 11) is 0. The Kier molecular flexibility index (Phi) is 8.78. The van der Waals surface area contributed by atoms with Crippen LogP contribution in [0.1, 0.15) is 19.3 Å². The lowest BCUT2D eigenvalue weighted by Gasteiger charge is -2.41. The topological polar surface area (TPSA) is 188 Å². The zero-order chi connectivity index (χ0) is 21.8. The molecule has 11 atom stereocenters. The van der Waals surface area contributed by atoms with Crippen molar-refractivity contribution in [3.05, 3.63) is 0 Å². The van der Waals surface area contributed by atoms with E-state index in [2.05, 4.69) is 0 Å². The minimum absolute atomic E-state index is 0.00964. The van der Waals surface area contributed by atoms with Gasteiger partial charge in [-0.15, -0.1) is 0 Å². The average Bonchev–Trinajstić information content (AvgIpc) is 2.71. The van der Waals surface area contributed by atoms with Gasteiger partial charge in [0.05, 0.1) is 56.9 Å². The highest BCUT2D eigenvalue weighted by Crippen LogP contribution is 2.27. The van der Waals surface area contributed by atoms with Crippen LogP contribution < -0.4 is 0 Å². The van der Waals surface area contributed by atoms with E-state index in [-0.39, 0.29) is 39.1 Å². The van der Waals surface area contributed by atoms with Crippen molar-refractivity contribution in [2.24, 2.45) is 0 Å². The lowest BCUT2D eigenvalue weighted by molar-refractivity contribution is -0.304. The van der Waals surface area contributed by atoms with E-state index in [1.165, 1.54) is 0 Å². The highest BCUT2D eigenvalue weighted by Gasteiger charge is 2.41. The van der Waals surface area contributed by atoms with Crippen LogP contribution in [0.5, 0.6) is 0 Å². The first-order valence-electron chi connectivity index (χ1n) is 10.1. The molecule has 3 fully saturated rings. The maximum atomic E-state index is 10.4. The molecule has 3 saturated heterocycles. The van der Waals surface area contributed by atoms with Crippen LogP contribution in [-0.2, 0) is 23.7 Å². The van der Waals surface area contributed by atoms with Crippen molar-refractivity contribution in [3.63, 3.8) is 0 Å². The summed E-state index contributed by atoms with van der Waals surface area (Å²) in [5, 5.41) is 68.4. The standard InChI is InChI=1S/C18H32O12/c19-4-8-1-12(23)16(25)18(28-8)29-9-2-10(21)15(26-6-9)7-27-17-13(24)3-11(22)14(5-20)30-17/h8-25H,1-7H2/t8?,9-,10+,11+,12-,13-,14-,15-,16+,17+,18-/m1/s1. The molecular weight excluding hydrogens is 408 g/mol. The molecule has 3 rings (SSSR count). The fraction of sp³-hybridized carbons (Fsp3) is 1.00. The van der Waals surface area contributed by atoms with Crippen molar-refractivity contribution in [1.82, 2.24) is 0 Å². The van der Waals surface area contributed by atoms with Gasteiger partial charge in [0.1, 0.15) is 24.4 Å². The number of aliphatic hydroxyl groups excluding tert-OH is 7. The van der Waals surface area contributed by atoms with Crippen molar-refractivity contribution in [2.45, 2.75) is 86.8 Å². The second-order valence-electron chi connectivity index (χ2n) is 7.96. The van der Waals surface area contributed by atoms with Gasteiger partial charge in [-0.05, 0) is 0 Å². The van der Waals surface area contributed by atoms with E-state index >= 15 is 0 Å². The lowest BCUT2D eigenvalue weighted by Crippen LogP contribution is -2.54. The van der Waals surface area contributed by atoms with Gasteiger partial charge in [-0.25, -0.2) is 0 Å². The third-order valence-electron chi connectivity index (χ3n) is 5.60. The van der Waals surface area contributed by atoms with Gasteiger partial charge >= 0.3 is 0 Å². The van der Waals surface area contributed by atoms with Gasteiger partial charge in [-0.2, -0.15) is 0 Å². The van der Waals surface area contributed by atoms with Gasteiger partial charge in [-0.3, -0.25) is 0 Å². The fourth-order valence-electron chi connectivity index (χ4n) is 3.79. The van der Waals surface area contributed by atoms with Crippen LogP contribution in [0.4, 0.5) is 0 Å². The van der Waals surface area contributed by atoms with Gasteiger partial charge in [0.15, 0.2) is 12.6 Å². The Bertz CT molecular complexity index is 523. The van der Waals surface area contributed by atoms with Crippen molar-refractivity contribution in [3.8, 4) is 0 Å². The monoisotopic (exact) mass is 440 g/mol. The highest BCUT2D eigenvalue weighted by molar-refractivity contribution is 4.85. The Morgan fingerprint density at radius 1 is 0.733 bits per heavy atom. The molecule has 12 nitrogen and oxygen atoms in total. The Balaban J connectivity index is 1.45. The molecule has 3 aliphatic heterocycles. The average molecular weight is 440 g/mol. The molecule has 0 radical (unpaired) electrons.